The third-order valence-electron chi connectivity index (χ3n) is 4.35. The highest BCUT2D eigenvalue weighted by Gasteiger charge is 2.17. The smallest absolute Gasteiger partial charge is 0.234 e. The van der Waals surface area contributed by atoms with E-state index in [2.05, 4.69) is 5.32 Å². The van der Waals surface area contributed by atoms with Gasteiger partial charge in [0.2, 0.25) is 5.91 Å². The van der Waals surface area contributed by atoms with Crippen molar-refractivity contribution >= 4 is 5.91 Å². The molecule has 27 heavy (non-hydrogen) atoms. The van der Waals surface area contributed by atoms with Crippen LogP contribution in [0.1, 0.15) is 22.7 Å². The van der Waals surface area contributed by atoms with Crippen LogP contribution in [0.25, 0.3) is 0 Å². The molecule has 1 amide bonds. The molecule has 0 bridgehead atoms. The van der Waals surface area contributed by atoms with Crippen molar-refractivity contribution in [1.82, 2.24) is 10.2 Å². The monoisotopic (exact) mass is 362 g/mol. The number of rotatable bonds is 7. The van der Waals surface area contributed by atoms with Crippen molar-refractivity contribution in [2.24, 2.45) is 0 Å². The molecule has 0 unspecified atom stereocenters. The topological polar surface area (TPSA) is 32.3 Å². The molecule has 1 N–H and O–H groups in total. The summed E-state index contributed by atoms with van der Waals surface area (Å²) in [6.07, 6.45) is 0. The van der Waals surface area contributed by atoms with Gasteiger partial charge in [-0.3, -0.25) is 9.69 Å². The summed E-state index contributed by atoms with van der Waals surface area (Å²) in [7, 11) is 1.88. The number of halogens is 1. The average molecular weight is 362 g/mol. The van der Waals surface area contributed by atoms with Gasteiger partial charge in [-0.2, -0.15) is 0 Å². The first-order valence-electron chi connectivity index (χ1n) is 8.94. The maximum Gasteiger partial charge on any atom is 0.234 e. The summed E-state index contributed by atoms with van der Waals surface area (Å²) in [4.78, 5) is 14.6. The van der Waals surface area contributed by atoms with E-state index < -0.39 is 0 Å². The molecule has 0 aromatic heterocycles. The minimum Gasteiger partial charge on any atom is -0.344 e. The third-order valence-corrected chi connectivity index (χ3v) is 4.35. The molecule has 3 aromatic carbocycles. The van der Waals surface area contributed by atoms with Crippen molar-refractivity contribution in [2.45, 2.75) is 12.6 Å². The Hall–Kier alpha value is -2.98. The van der Waals surface area contributed by atoms with E-state index in [1.54, 1.807) is 12.1 Å². The van der Waals surface area contributed by atoms with Gasteiger partial charge in [0, 0.05) is 6.54 Å². The lowest BCUT2D eigenvalue weighted by Crippen LogP contribution is -2.37. The maximum atomic E-state index is 13.0. The summed E-state index contributed by atoms with van der Waals surface area (Å²) in [6.45, 7) is 0.836. The first-order chi connectivity index (χ1) is 13.1. The van der Waals surface area contributed by atoms with Crippen molar-refractivity contribution in [1.29, 1.82) is 0 Å². The summed E-state index contributed by atoms with van der Waals surface area (Å²) in [5.41, 5.74) is 3.05. The molecule has 0 heterocycles. The predicted molar refractivity (Wildman–Crippen MR) is 106 cm³/mol. The van der Waals surface area contributed by atoms with Gasteiger partial charge in [-0.15, -0.1) is 0 Å². The predicted octanol–water partition coefficient (Wildman–Crippen LogP) is 4.16. The lowest BCUT2D eigenvalue weighted by atomic mass is 9.99. The van der Waals surface area contributed by atoms with Gasteiger partial charge in [-0.05, 0) is 35.9 Å². The summed E-state index contributed by atoms with van der Waals surface area (Å²) >= 11 is 0. The van der Waals surface area contributed by atoms with Crippen LogP contribution < -0.4 is 5.32 Å². The number of carbonyl (C=O) groups is 1. The molecule has 0 saturated heterocycles. The fourth-order valence-electron chi connectivity index (χ4n) is 3.06. The number of nitrogens with one attached hydrogen (secondary N) is 1. The van der Waals surface area contributed by atoms with Crippen LogP contribution in [0, 0.1) is 5.82 Å². The van der Waals surface area contributed by atoms with E-state index in [4.69, 9.17) is 0 Å². The third kappa shape index (κ3) is 5.50. The molecule has 0 saturated carbocycles. The molecular formula is C23H23FN2O. The number of hydrogen-bond donors (Lipinski definition) is 1. The number of likely N-dealkylation sites (N-methyl/N-ethyl adjacent to an activating group) is 1. The minimum atomic E-state index is -0.257. The van der Waals surface area contributed by atoms with Crippen LogP contribution in [0.4, 0.5) is 4.39 Å². The van der Waals surface area contributed by atoms with E-state index in [-0.39, 0.29) is 24.3 Å². The lowest BCUT2D eigenvalue weighted by Gasteiger charge is -2.22. The van der Waals surface area contributed by atoms with E-state index >= 15 is 0 Å². The van der Waals surface area contributed by atoms with Gasteiger partial charge < -0.3 is 5.32 Å². The summed E-state index contributed by atoms with van der Waals surface area (Å²) in [6, 6.07) is 26.0. The standard InChI is InChI=1S/C23H23FN2O/c1-26(16-18-12-14-21(24)15-13-18)17-22(27)25-23(19-8-4-2-5-9-19)20-10-6-3-7-11-20/h2-15,23H,16-17H2,1H3,(H,25,27). The first-order valence-corrected chi connectivity index (χ1v) is 8.94. The van der Waals surface area contributed by atoms with Crippen LogP contribution in [0.3, 0.4) is 0 Å². The SMILES string of the molecule is CN(CC(=O)NC(c1ccccc1)c1ccccc1)Cc1ccc(F)cc1. The molecule has 4 heteroatoms. The van der Waals surface area contributed by atoms with Crippen LogP contribution in [-0.4, -0.2) is 24.4 Å². The molecule has 0 spiro atoms. The summed E-state index contributed by atoms with van der Waals surface area (Å²) in [5, 5.41) is 3.13. The average Bonchev–Trinajstić information content (AvgIpc) is 2.69. The lowest BCUT2D eigenvalue weighted by molar-refractivity contribution is -0.122. The Morgan fingerprint density at radius 2 is 1.41 bits per heavy atom. The van der Waals surface area contributed by atoms with Gasteiger partial charge in [0.15, 0.2) is 0 Å². The number of nitrogens with zero attached hydrogens (tertiary/aromatic N) is 1. The Labute approximate surface area is 159 Å². The molecule has 3 aromatic rings. The normalized spacial score (nSPS) is 11.0. The highest BCUT2D eigenvalue weighted by molar-refractivity contribution is 5.79. The number of carbonyl (C=O) groups excluding carboxylic acids is 1. The van der Waals surface area contributed by atoms with Crippen molar-refractivity contribution in [3.05, 3.63) is 107 Å². The second-order valence-electron chi connectivity index (χ2n) is 6.62. The number of hydrogen-bond acceptors (Lipinski definition) is 2. The number of amides is 1. The highest BCUT2D eigenvalue weighted by Crippen LogP contribution is 2.21. The Balaban J connectivity index is 1.66. The van der Waals surface area contributed by atoms with Crippen molar-refractivity contribution in [3.63, 3.8) is 0 Å². The Bertz CT molecular complexity index is 811. The molecule has 3 nitrogen and oxygen atoms in total. The van der Waals surface area contributed by atoms with Gasteiger partial charge in [-0.1, -0.05) is 72.8 Å². The van der Waals surface area contributed by atoms with Crippen molar-refractivity contribution < 1.29 is 9.18 Å². The molecule has 0 fully saturated rings. The largest absolute Gasteiger partial charge is 0.344 e. The van der Waals surface area contributed by atoms with E-state index in [0.717, 1.165) is 16.7 Å². The zero-order valence-electron chi connectivity index (χ0n) is 15.3. The second-order valence-corrected chi connectivity index (χ2v) is 6.62. The van der Waals surface area contributed by atoms with Gasteiger partial charge in [-0.25, -0.2) is 4.39 Å². The van der Waals surface area contributed by atoms with Gasteiger partial charge in [0.05, 0.1) is 12.6 Å². The Morgan fingerprint density at radius 3 is 1.93 bits per heavy atom. The second kappa shape index (κ2) is 9.10. The molecule has 0 aliphatic rings. The van der Waals surface area contributed by atoms with E-state index in [1.807, 2.05) is 72.6 Å². The van der Waals surface area contributed by atoms with E-state index in [1.165, 1.54) is 12.1 Å². The maximum absolute atomic E-state index is 13.0. The quantitative estimate of drug-likeness (QED) is 0.684. The molecule has 0 radical (unpaired) electrons. The Morgan fingerprint density at radius 1 is 0.889 bits per heavy atom. The molecule has 3 rings (SSSR count). The van der Waals surface area contributed by atoms with Gasteiger partial charge in [0.1, 0.15) is 5.82 Å². The molecular weight excluding hydrogens is 339 g/mol. The van der Waals surface area contributed by atoms with Crippen LogP contribution >= 0.6 is 0 Å². The van der Waals surface area contributed by atoms with Crippen molar-refractivity contribution in [3.8, 4) is 0 Å². The first kappa shape index (κ1) is 18.8. The molecule has 0 atom stereocenters. The molecule has 0 aliphatic heterocycles. The van der Waals surface area contributed by atoms with E-state index in [9.17, 15) is 9.18 Å². The zero-order chi connectivity index (χ0) is 19.1. The number of benzene rings is 3. The van der Waals surface area contributed by atoms with Crippen LogP contribution in [0.2, 0.25) is 0 Å². The van der Waals surface area contributed by atoms with Crippen molar-refractivity contribution in [2.75, 3.05) is 13.6 Å². The fourth-order valence-corrected chi connectivity index (χ4v) is 3.06. The van der Waals surface area contributed by atoms with Crippen LogP contribution in [0.15, 0.2) is 84.9 Å². The fraction of sp³-hybridized carbons (Fsp3) is 0.174. The summed E-state index contributed by atoms with van der Waals surface area (Å²) in [5.74, 6) is -0.315. The zero-order valence-corrected chi connectivity index (χ0v) is 15.3. The Kier molecular flexibility index (Phi) is 6.34. The van der Waals surface area contributed by atoms with Gasteiger partial charge in [0.25, 0.3) is 0 Å². The summed E-state index contributed by atoms with van der Waals surface area (Å²) < 4.78 is 13.0. The minimum absolute atomic E-state index is 0.0580. The molecule has 138 valence electrons. The highest BCUT2D eigenvalue weighted by atomic mass is 19.1. The van der Waals surface area contributed by atoms with Crippen LogP contribution in [0.5, 0.6) is 0 Å². The van der Waals surface area contributed by atoms with Crippen LogP contribution in [-0.2, 0) is 11.3 Å². The van der Waals surface area contributed by atoms with Gasteiger partial charge >= 0.3 is 0 Å². The van der Waals surface area contributed by atoms with E-state index in [0.29, 0.717) is 6.54 Å². The molecule has 0 aliphatic carbocycles.